The summed E-state index contributed by atoms with van der Waals surface area (Å²) in [6, 6.07) is 18.6. The molecule has 27 heavy (non-hydrogen) atoms. The summed E-state index contributed by atoms with van der Waals surface area (Å²) < 4.78 is 0. The Labute approximate surface area is 165 Å². The van der Waals surface area contributed by atoms with Crippen molar-refractivity contribution in [2.45, 2.75) is 11.4 Å². The van der Waals surface area contributed by atoms with Gasteiger partial charge in [0.2, 0.25) is 0 Å². The molecule has 0 atom stereocenters. The third-order valence-corrected chi connectivity index (χ3v) is 5.34. The van der Waals surface area contributed by atoms with Crippen molar-refractivity contribution in [1.29, 1.82) is 0 Å². The van der Waals surface area contributed by atoms with Gasteiger partial charge in [-0.05, 0) is 29.5 Å². The van der Waals surface area contributed by atoms with E-state index in [0.29, 0.717) is 6.54 Å². The van der Waals surface area contributed by atoms with Crippen LogP contribution in [0.5, 0.6) is 0 Å². The van der Waals surface area contributed by atoms with Crippen molar-refractivity contribution in [1.82, 2.24) is 15.2 Å². The average molecular weight is 383 g/mol. The SMILES string of the molecule is CSc1ccc(/C=N\NC(=O)CN2CCN(Cc3ccccc3)CC2)cc1. The monoisotopic (exact) mass is 382 g/mol. The van der Waals surface area contributed by atoms with Crippen LogP contribution in [-0.4, -0.2) is 60.9 Å². The normalized spacial score (nSPS) is 15.9. The molecular formula is C21H26N4OS. The topological polar surface area (TPSA) is 47.9 Å². The number of hydrogen-bond donors (Lipinski definition) is 1. The van der Waals surface area contributed by atoms with Gasteiger partial charge in [-0.15, -0.1) is 11.8 Å². The number of nitrogens with zero attached hydrogens (tertiary/aromatic N) is 3. The van der Waals surface area contributed by atoms with Crippen molar-refractivity contribution in [3.63, 3.8) is 0 Å². The molecule has 142 valence electrons. The van der Waals surface area contributed by atoms with Gasteiger partial charge >= 0.3 is 0 Å². The number of nitrogens with one attached hydrogen (secondary N) is 1. The number of hydrazone groups is 1. The minimum atomic E-state index is -0.0662. The fourth-order valence-electron chi connectivity index (χ4n) is 3.05. The van der Waals surface area contributed by atoms with E-state index in [4.69, 9.17) is 0 Å². The Morgan fingerprint density at radius 1 is 1.04 bits per heavy atom. The number of thioether (sulfide) groups is 1. The number of benzene rings is 2. The van der Waals surface area contributed by atoms with Crippen molar-refractivity contribution >= 4 is 23.9 Å². The molecule has 1 aliphatic heterocycles. The first kappa shape index (κ1) is 19.6. The molecule has 1 heterocycles. The largest absolute Gasteiger partial charge is 0.297 e. The van der Waals surface area contributed by atoms with Crippen LogP contribution in [0.2, 0.25) is 0 Å². The summed E-state index contributed by atoms with van der Waals surface area (Å²) in [4.78, 5) is 17.9. The summed E-state index contributed by atoms with van der Waals surface area (Å²) in [6.07, 6.45) is 3.73. The Hall–Kier alpha value is -2.15. The maximum Gasteiger partial charge on any atom is 0.254 e. The molecule has 6 heteroatoms. The number of rotatable bonds is 7. The second kappa shape index (κ2) is 10.3. The van der Waals surface area contributed by atoms with E-state index in [1.807, 2.05) is 36.6 Å². The van der Waals surface area contributed by atoms with E-state index in [2.05, 4.69) is 44.6 Å². The molecule has 1 saturated heterocycles. The highest BCUT2D eigenvalue weighted by Crippen LogP contribution is 2.13. The second-order valence-corrected chi connectivity index (χ2v) is 7.48. The van der Waals surface area contributed by atoms with Crippen LogP contribution in [-0.2, 0) is 11.3 Å². The minimum absolute atomic E-state index is 0.0662. The van der Waals surface area contributed by atoms with Crippen LogP contribution in [0.15, 0.2) is 64.6 Å². The molecule has 1 fully saturated rings. The first-order valence-corrected chi connectivity index (χ1v) is 10.4. The summed E-state index contributed by atoms with van der Waals surface area (Å²) in [7, 11) is 0. The zero-order valence-electron chi connectivity index (χ0n) is 15.7. The van der Waals surface area contributed by atoms with Gasteiger partial charge in [0.1, 0.15) is 0 Å². The zero-order valence-corrected chi connectivity index (χ0v) is 16.5. The molecule has 0 aliphatic carbocycles. The summed E-state index contributed by atoms with van der Waals surface area (Å²) in [5.41, 5.74) is 4.94. The standard InChI is InChI=1S/C21H26N4OS/c1-27-20-9-7-18(8-10-20)15-22-23-21(26)17-25-13-11-24(12-14-25)16-19-5-3-2-4-6-19/h2-10,15H,11-14,16-17H2,1H3,(H,23,26)/b22-15-. The predicted molar refractivity (Wildman–Crippen MR) is 112 cm³/mol. The van der Waals surface area contributed by atoms with E-state index in [9.17, 15) is 4.79 Å². The van der Waals surface area contributed by atoms with Crippen molar-refractivity contribution in [2.24, 2.45) is 5.10 Å². The molecule has 1 aliphatic rings. The molecule has 1 amide bonds. The van der Waals surface area contributed by atoms with E-state index in [1.165, 1.54) is 10.5 Å². The third kappa shape index (κ3) is 6.50. The molecule has 5 nitrogen and oxygen atoms in total. The van der Waals surface area contributed by atoms with Crippen LogP contribution < -0.4 is 5.43 Å². The molecule has 3 rings (SSSR count). The fourth-order valence-corrected chi connectivity index (χ4v) is 3.46. The smallest absolute Gasteiger partial charge is 0.254 e. The Balaban J connectivity index is 1.37. The van der Waals surface area contributed by atoms with Crippen molar-refractivity contribution in [2.75, 3.05) is 39.0 Å². The van der Waals surface area contributed by atoms with Crippen LogP contribution in [0.25, 0.3) is 0 Å². The van der Waals surface area contributed by atoms with Crippen LogP contribution in [0.4, 0.5) is 0 Å². The van der Waals surface area contributed by atoms with Gasteiger partial charge in [-0.2, -0.15) is 5.10 Å². The molecule has 0 aromatic heterocycles. The first-order valence-electron chi connectivity index (χ1n) is 9.17. The van der Waals surface area contributed by atoms with Crippen molar-refractivity contribution in [3.8, 4) is 0 Å². The predicted octanol–water partition coefficient (Wildman–Crippen LogP) is 2.68. The van der Waals surface area contributed by atoms with Gasteiger partial charge in [0.15, 0.2) is 0 Å². The van der Waals surface area contributed by atoms with Gasteiger partial charge in [-0.3, -0.25) is 14.6 Å². The number of piperazine rings is 1. The average Bonchev–Trinajstić information content (AvgIpc) is 2.71. The Kier molecular flexibility index (Phi) is 7.45. The third-order valence-electron chi connectivity index (χ3n) is 4.60. The van der Waals surface area contributed by atoms with Crippen LogP contribution >= 0.6 is 11.8 Å². The van der Waals surface area contributed by atoms with E-state index in [1.54, 1.807) is 18.0 Å². The van der Waals surface area contributed by atoms with Gasteiger partial charge in [-0.25, -0.2) is 5.43 Å². The number of hydrogen-bond acceptors (Lipinski definition) is 5. The molecule has 0 saturated carbocycles. The maximum absolute atomic E-state index is 12.1. The summed E-state index contributed by atoms with van der Waals surface area (Å²) in [6.45, 7) is 5.13. The molecule has 1 N–H and O–H groups in total. The highest BCUT2D eigenvalue weighted by Gasteiger charge is 2.18. The number of carbonyl (C=O) groups excluding carboxylic acids is 1. The molecule has 0 spiro atoms. The minimum Gasteiger partial charge on any atom is -0.297 e. The second-order valence-electron chi connectivity index (χ2n) is 6.60. The molecule has 2 aromatic carbocycles. The summed E-state index contributed by atoms with van der Waals surface area (Å²) in [5.74, 6) is -0.0662. The quantitative estimate of drug-likeness (QED) is 0.454. The van der Waals surface area contributed by atoms with Gasteiger partial charge in [0, 0.05) is 37.6 Å². The van der Waals surface area contributed by atoms with Gasteiger partial charge < -0.3 is 0 Å². The molecule has 0 unspecified atom stereocenters. The maximum atomic E-state index is 12.1. The Morgan fingerprint density at radius 2 is 1.70 bits per heavy atom. The highest BCUT2D eigenvalue weighted by molar-refractivity contribution is 7.98. The van der Waals surface area contributed by atoms with Crippen LogP contribution in [0, 0.1) is 0 Å². The molecule has 0 radical (unpaired) electrons. The lowest BCUT2D eigenvalue weighted by molar-refractivity contribution is -0.122. The van der Waals surface area contributed by atoms with Gasteiger partial charge in [-0.1, -0.05) is 42.5 Å². The van der Waals surface area contributed by atoms with E-state index in [0.717, 1.165) is 38.3 Å². The lowest BCUT2D eigenvalue weighted by Gasteiger charge is -2.34. The van der Waals surface area contributed by atoms with E-state index < -0.39 is 0 Å². The molecule has 2 aromatic rings. The first-order chi connectivity index (χ1) is 13.2. The lowest BCUT2D eigenvalue weighted by atomic mass is 10.2. The molecular weight excluding hydrogens is 356 g/mol. The van der Waals surface area contributed by atoms with E-state index in [-0.39, 0.29) is 5.91 Å². The van der Waals surface area contributed by atoms with Crippen molar-refractivity contribution in [3.05, 3.63) is 65.7 Å². The highest BCUT2D eigenvalue weighted by atomic mass is 32.2. The van der Waals surface area contributed by atoms with Gasteiger partial charge in [0.25, 0.3) is 5.91 Å². The number of amides is 1. The van der Waals surface area contributed by atoms with E-state index >= 15 is 0 Å². The fraction of sp³-hybridized carbons (Fsp3) is 0.333. The Morgan fingerprint density at radius 3 is 2.37 bits per heavy atom. The van der Waals surface area contributed by atoms with Gasteiger partial charge in [0.05, 0.1) is 12.8 Å². The zero-order chi connectivity index (χ0) is 18.9. The Bertz CT molecular complexity index is 741. The number of carbonyl (C=O) groups is 1. The van der Waals surface area contributed by atoms with Crippen LogP contribution in [0.1, 0.15) is 11.1 Å². The van der Waals surface area contributed by atoms with Crippen LogP contribution in [0.3, 0.4) is 0 Å². The van der Waals surface area contributed by atoms with Crippen molar-refractivity contribution < 1.29 is 4.79 Å². The summed E-state index contributed by atoms with van der Waals surface area (Å²) >= 11 is 1.70. The lowest BCUT2D eigenvalue weighted by Crippen LogP contribution is -2.48. The summed E-state index contributed by atoms with van der Waals surface area (Å²) in [5, 5.41) is 4.06. The molecule has 0 bridgehead atoms.